The third-order valence-electron chi connectivity index (χ3n) is 4.75. The van der Waals surface area contributed by atoms with Crippen LogP contribution in [0.1, 0.15) is 25.5 Å². The highest BCUT2D eigenvalue weighted by Gasteiger charge is 2.25. The lowest BCUT2D eigenvalue weighted by Gasteiger charge is -2.31. The summed E-state index contributed by atoms with van der Waals surface area (Å²) >= 11 is 0. The first kappa shape index (κ1) is 20.2. The van der Waals surface area contributed by atoms with E-state index in [0.29, 0.717) is 43.1 Å². The molecule has 0 amide bonds. The molecule has 1 N–H and O–H groups in total. The molecule has 0 bridgehead atoms. The Bertz CT molecular complexity index is 954. The van der Waals surface area contributed by atoms with Crippen molar-refractivity contribution in [1.82, 2.24) is 14.3 Å². The average Bonchev–Trinajstić information content (AvgIpc) is 2.67. The van der Waals surface area contributed by atoms with Crippen molar-refractivity contribution >= 4 is 21.5 Å². The zero-order valence-electron chi connectivity index (χ0n) is 15.8. The minimum absolute atomic E-state index is 0.0198. The zero-order chi connectivity index (χ0) is 20.3. The van der Waals surface area contributed by atoms with Crippen LogP contribution in [0.25, 0.3) is 11.4 Å². The molecule has 1 aliphatic rings. The van der Waals surface area contributed by atoms with Crippen molar-refractivity contribution in [1.29, 1.82) is 0 Å². The summed E-state index contributed by atoms with van der Waals surface area (Å²) < 4.78 is 24.8. The van der Waals surface area contributed by atoms with Crippen molar-refractivity contribution in [2.24, 2.45) is 0 Å². The number of nitrogens with one attached hydrogen (secondary N) is 1. The number of nitro benzene ring substituents is 1. The van der Waals surface area contributed by atoms with Gasteiger partial charge in [-0.25, -0.2) is 22.7 Å². The van der Waals surface area contributed by atoms with Crippen LogP contribution in [-0.2, 0) is 16.4 Å². The minimum atomic E-state index is -3.15. The first-order valence-corrected chi connectivity index (χ1v) is 11.0. The van der Waals surface area contributed by atoms with Gasteiger partial charge in [-0.3, -0.25) is 10.1 Å². The van der Waals surface area contributed by atoms with E-state index in [4.69, 9.17) is 0 Å². The van der Waals surface area contributed by atoms with Gasteiger partial charge in [0.15, 0.2) is 5.82 Å². The van der Waals surface area contributed by atoms with E-state index in [9.17, 15) is 18.5 Å². The van der Waals surface area contributed by atoms with Crippen LogP contribution >= 0.6 is 0 Å². The number of aromatic nitrogens is 2. The lowest BCUT2D eigenvalue weighted by atomic mass is 10.1. The van der Waals surface area contributed by atoms with E-state index in [2.05, 4.69) is 15.3 Å². The highest BCUT2D eigenvalue weighted by molar-refractivity contribution is 7.88. The molecular formula is C18H23N5O4S. The molecule has 1 aliphatic heterocycles. The molecule has 3 rings (SSSR count). The zero-order valence-corrected chi connectivity index (χ0v) is 16.6. The summed E-state index contributed by atoms with van der Waals surface area (Å²) in [6.45, 7) is 2.96. The molecule has 2 heterocycles. The molecule has 0 radical (unpaired) electrons. The van der Waals surface area contributed by atoms with Crippen LogP contribution in [0.5, 0.6) is 0 Å². The lowest BCUT2D eigenvalue weighted by molar-refractivity contribution is -0.384. The second-order valence-corrected chi connectivity index (χ2v) is 8.79. The van der Waals surface area contributed by atoms with Crippen LogP contribution < -0.4 is 5.32 Å². The second kappa shape index (κ2) is 8.19. The number of aryl methyl sites for hydroxylation is 1. The third-order valence-corrected chi connectivity index (χ3v) is 6.06. The Hall–Kier alpha value is -2.59. The van der Waals surface area contributed by atoms with Crippen LogP contribution in [0.4, 0.5) is 11.5 Å². The summed E-state index contributed by atoms with van der Waals surface area (Å²) in [5, 5.41) is 14.2. The van der Waals surface area contributed by atoms with E-state index >= 15 is 0 Å². The summed E-state index contributed by atoms with van der Waals surface area (Å²) in [7, 11) is -3.15. The number of hydrogen-bond acceptors (Lipinski definition) is 7. The average molecular weight is 405 g/mol. The molecule has 0 atom stereocenters. The van der Waals surface area contributed by atoms with Crippen LogP contribution in [0.2, 0.25) is 0 Å². The molecule has 0 unspecified atom stereocenters. The highest BCUT2D eigenvalue weighted by Crippen LogP contribution is 2.23. The predicted molar refractivity (Wildman–Crippen MR) is 107 cm³/mol. The van der Waals surface area contributed by atoms with Crippen LogP contribution in [0, 0.1) is 10.1 Å². The van der Waals surface area contributed by atoms with E-state index in [0.717, 1.165) is 12.1 Å². The predicted octanol–water partition coefficient (Wildman–Crippen LogP) is 2.45. The maximum Gasteiger partial charge on any atom is 0.269 e. The van der Waals surface area contributed by atoms with Gasteiger partial charge >= 0.3 is 0 Å². The molecule has 1 saturated heterocycles. The van der Waals surface area contributed by atoms with Gasteiger partial charge in [0.1, 0.15) is 5.82 Å². The van der Waals surface area contributed by atoms with Crippen molar-refractivity contribution in [2.75, 3.05) is 24.7 Å². The number of anilines is 1. The number of nitro groups is 1. The molecule has 150 valence electrons. The van der Waals surface area contributed by atoms with Crippen molar-refractivity contribution in [3.05, 3.63) is 46.1 Å². The maximum atomic E-state index is 11.6. The van der Waals surface area contributed by atoms with Crippen LogP contribution in [-0.4, -0.2) is 53.0 Å². The van der Waals surface area contributed by atoms with Gasteiger partial charge in [0, 0.05) is 48.6 Å². The molecule has 0 spiro atoms. The molecule has 1 aromatic carbocycles. The van der Waals surface area contributed by atoms with Gasteiger partial charge in [0.25, 0.3) is 5.69 Å². The first-order valence-electron chi connectivity index (χ1n) is 9.10. The maximum absolute atomic E-state index is 11.6. The second-order valence-electron chi connectivity index (χ2n) is 6.81. The fourth-order valence-corrected chi connectivity index (χ4v) is 4.03. The van der Waals surface area contributed by atoms with Crippen molar-refractivity contribution in [2.45, 2.75) is 32.2 Å². The standard InChI is InChI=1S/C18H23N5O4S/c1-3-14-12-17(19-15-8-10-22(11-9-15)28(2,26)27)21-18(20-14)13-4-6-16(7-5-13)23(24)25/h4-7,12,15H,3,8-11H2,1-2H3,(H,19,20,21). The Kier molecular flexibility index (Phi) is 5.90. The summed E-state index contributed by atoms with van der Waals surface area (Å²) in [6.07, 6.45) is 3.36. The van der Waals surface area contributed by atoms with Crippen molar-refractivity contribution < 1.29 is 13.3 Å². The molecule has 0 saturated carbocycles. The van der Waals surface area contributed by atoms with Gasteiger partial charge in [-0.1, -0.05) is 6.92 Å². The molecule has 1 aromatic heterocycles. The van der Waals surface area contributed by atoms with E-state index in [1.807, 2.05) is 13.0 Å². The largest absolute Gasteiger partial charge is 0.367 e. The summed E-state index contributed by atoms with van der Waals surface area (Å²) in [4.78, 5) is 19.5. The van der Waals surface area contributed by atoms with E-state index in [1.54, 1.807) is 12.1 Å². The number of hydrogen-bond donors (Lipinski definition) is 1. The molecule has 0 aliphatic carbocycles. The van der Waals surface area contributed by atoms with Gasteiger partial charge in [0.05, 0.1) is 11.2 Å². The molecular weight excluding hydrogens is 382 g/mol. The van der Waals surface area contributed by atoms with Gasteiger partial charge < -0.3 is 5.32 Å². The van der Waals surface area contributed by atoms with E-state index in [1.165, 1.54) is 22.7 Å². The third kappa shape index (κ3) is 4.82. The van der Waals surface area contributed by atoms with Gasteiger partial charge in [-0.15, -0.1) is 0 Å². The number of rotatable bonds is 6. The summed E-state index contributed by atoms with van der Waals surface area (Å²) in [5.41, 5.74) is 1.58. The normalized spacial score (nSPS) is 16.1. The Labute approximate surface area is 164 Å². The first-order chi connectivity index (χ1) is 13.3. The summed E-state index contributed by atoms with van der Waals surface area (Å²) in [5.74, 6) is 1.18. The molecule has 10 heteroatoms. The topological polar surface area (TPSA) is 118 Å². The Balaban J connectivity index is 1.77. The number of benzene rings is 1. The van der Waals surface area contributed by atoms with Crippen molar-refractivity contribution in [3.8, 4) is 11.4 Å². The fourth-order valence-electron chi connectivity index (χ4n) is 3.15. The number of sulfonamides is 1. The fraction of sp³-hybridized carbons (Fsp3) is 0.444. The van der Waals surface area contributed by atoms with Gasteiger partial charge in [0.2, 0.25) is 10.0 Å². The Morgan fingerprint density at radius 2 is 1.86 bits per heavy atom. The van der Waals surface area contributed by atoms with Gasteiger partial charge in [-0.05, 0) is 31.4 Å². The molecule has 28 heavy (non-hydrogen) atoms. The number of non-ortho nitro benzene ring substituents is 1. The monoisotopic (exact) mass is 405 g/mol. The summed E-state index contributed by atoms with van der Waals surface area (Å²) in [6, 6.07) is 8.17. The van der Waals surface area contributed by atoms with Crippen LogP contribution in [0.3, 0.4) is 0 Å². The minimum Gasteiger partial charge on any atom is -0.367 e. The van der Waals surface area contributed by atoms with E-state index < -0.39 is 14.9 Å². The Morgan fingerprint density at radius 1 is 1.21 bits per heavy atom. The van der Waals surface area contributed by atoms with E-state index in [-0.39, 0.29) is 11.7 Å². The van der Waals surface area contributed by atoms with Crippen molar-refractivity contribution in [3.63, 3.8) is 0 Å². The molecule has 9 nitrogen and oxygen atoms in total. The quantitative estimate of drug-likeness (QED) is 0.579. The van der Waals surface area contributed by atoms with Crippen LogP contribution in [0.15, 0.2) is 30.3 Å². The number of nitrogens with zero attached hydrogens (tertiary/aromatic N) is 4. The Morgan fingerprint density at radius 3 is 2.39 bits per heavy atom. The smallest absolute Gasteiger partial charge is 0.269 e. The van der Waals surface area contributed by atoms with Gasteiger partial charge in [-0.2, -0.15) is 0 Å². The SMILES string of the molecule is CCc1cc(NC2CCN(S(C)(=O)=O)CC2)nc(-c2ccc([N+](=O)[O-])cc2)n1. The highest BCUT2D eigenvalue weighted by atomic mass is 32.2. The lowest BCUT2D eigenvalue weighted by Crippen LogP contribution is -2.41. The number of piperidine rings is 1. The molecule has 1 fully saturated rings. The molecule has 2 aromatic rings.